The lowest BCUT2D eigenvalue weighted by molar-refractivity contribution is 1.01. The quantitative estimate of drug-likeness (QED) is 0.155. The molecule has 2 heterocycles. The van der Waals surface area contributed by atoms with E-state index < -0.39 is 0 Å². The van der Waals surface area contributed by atoms with E-state index in [1.54, 1.807) is 0 Å². The lowest BCUT2D eigenvalue weighted by atomic mass is 9.93. The van der Waals surface area contributed by atoms with Crippen molar-refractivity contribution in [2.24, 2.45) is 0 Å². The second kappa shape index (κ2) is 15.4. The Kier molecular flexibility index (Phi) is 9.55. The highest BCUT2D eigenvalue weighted by Crippen LogP contribution is 2.36. The Morgan fingerprint density at radius 3 is 1.15 bits per heavy atom. The lowest BCUT2D eigenvalue weighted by Gasteiger charge is -2.13. The summed E-state index contributed by atoms with van der Waals surface area (Å²) in [5.41, 5.74) is 9.93. The van der Waals surface area contributed by atoms with E-state index in [2.05, 4.69) is 91.1 Å². The first-order valence-corrected chi connectivity index (χ1v) is 18.9. The molecular formula is C48H35ClN6. The number of nitrogens with zero attached hydrogens (tertiary/aromatic N) is 6. The van der Waals surface area contributed by atoms with Gasteiger partial charge in [0.05, 0.1) is 0 Å². The normalized spacial score (nSPS) is 13.7. The van der Waals surface area contributed by atoms with Crippen LogP contribution in [0, 0.1) is 0 Å². The van der Waals surface area contributed by atoms with Gasteiger partial charge in [0.25, 0.3) is 0 Å². The largest absolute Gasteiger partial charge is 0.208 e. The van der Waals surface area contributed by atoms with Gasteiger partial charge in [-0.25, -0.2) is 29.9 Å². The molecule has 5 aromatic carbocycles. The second-order valence-corrected chi connectivity index (χ2v) is 13.9. The van der Waals surface area contributed by atoms with Gasteiger partial charge in [0.15, 0.2) is 34.9 Å². The van der Waals surface area contributed by atoms with Crippen LogP contribution in [0.4, 0.5) is 0 Å². The van der Waals surface area contributed by atoms with Gasteiger partial charge in [-0.15, -0.1) is 0 Å². The van der Waals surface area contributed by atoms with Crippen LogP contribution in [0.15, 0.2) is 164 Å². The van der Waals surface area contributed by atoms with Gasteiger partial charge in [-0.2, -0.15) is 0 Å². The topological polar surface area (TPSA) is 77.3 Å². The molecule has 0 atom stereocenters. The van der Waals surface area contributed by atoms with Crippen molar-refractivity contribution in [3.63, 3.8) is 0 Å². The minimum atomic E-state index is 0.630. The Morgan fingerprint density at radius 2 is 0.727 bits per heavy atom. The molecule has 7 aromatic rings. The monoisotopic (exact) mass is 730 g/mol. The van der Waals surface area contributed by atoms with E-state index in [1.165, 1.54) is 0 Å². The molecule has 0 radical (unpaired) electrons. The SMILES string of the molecule is Clc1ccc(-c2ccc(-c3nc(C4=CCCC=C4)nc(-c4ccccc4)n3)cc2)c(-c2ccc(-c3nc(C4=CCCC=C4)nc(-c4ccccc4)n3)cc2)c1. The molecule has 0 aliphatic heterocycles. The summed E-state index contributed by atoms with van der Waals surface area (Å²) >= 11 is 6.63. The van der Waals surface area contributed by atoms with Crippen molar-refractivity contribution in [1.29, 1.82) is 0 Å². The Balaban J connectivity index is 1.05. The highest BCUT2D eigenvalue weighted by atomic mass is 35.5. The number of allylic oxidation sites excluding steroid dienone is 8. The summed E-state index contributed by atoms with van der Waals surface area (Å²) in [6.07, 6.45) is 16.9. The van der Waals surface area contributed by atoms with Crippen LogP contribution in [0.1, 0.15) is 37.3 Å². The maximum Gasteiger partial charge on any atom is 0.164 e. The summed E-state index contributed by atoms with van der Waals surface area (Å²) in [5, 5.41) is 0.667. The van der Waals surface area contributed by atoms with Crippen LogP contribution >= 0.6 is 11.6 Å². The number of hydrogen-bond acceptors (Lipinski definition) is 6. The first-order valence-electron chi connectivity index (χ1n) is 18.5. The van der Waals surface area contributed by atoms with Crippen molar-refractivity contribution in [3.8, 4) is 67.8 Å². The van der Waals surface area contributed by atoms with Crippen molar-refractivity contribution >= 4 is 22.7 Å². The summed E-state index contributed by atoms with van der Waals surface area (Å²) in [5.74, 6) is 3.93. The average molecular weight is 731 g/mol. The third-order valence-electron chi connectivity index (χ3n) is 9.73. The average Bonchev–Trinajstić information content (AvgIpc) is 3.27. The van der Waals surface area contributed by atoms with Crippen LogP contribution in [-0.4, -0.2) is 29.9 Å². The van der Waals surface area contributed by atoms with E-state index >= 15 is 0 Å². The summed E-state index contributed by atoms with van der Waals surface area (Å²) in [6, 6.07) is 42.9. The summed E-state index contributed by atoms with van der Waals surface area (Å²) in [6.45, 7) is 0. The second-order valence-electron chi connectivity index (χ2n) is 13.5. The molecule has 2 aliphatic carbocycles. The summed E-state index contributed by atoms with van der Waals surface area (Å²) < 4.78 is 0. The summed E-state index contributed by atoms with van der Waals surface area (Å²) in [7, 11) is 0. The number of rotatable bonds is 8. The lowest BCUT2D eigenvalue weighted by Crippen LogP contribution is -2.03. The molecule has 55 heavy (non-hydrogen) atoms. The molecular weight excluding hydrogens is 696 g/mol. The number of halogens is 1. The number of aromatic nitrogens is 6. The maximum atomic E-state index is 6.63. The molecule has 0 saturated heterocycles. The van der Waals surface area contributed by atoms with Gasteiger partial charge in [-0.05, 0) is 60.1 Å². The molecule has 2 aliphatic rings. The van der Waals surface area contributed by atoms with Crippen LogP contribution in [0.3, 0.4) is 0 Å². The highest BCUT2D eigenvalue weighted by molar-refractivity contribution is 6.31. The zero-order chi connectivity index (χ0) is 37.0. The Labute approximate surface area is 325 Å². The first-order chi connectivity index (χ1) is 27.1. The maximum absolute atomic E-state index is 6.63. The third-order valence-corrected chi connectivity index (χ3v) is 9.97. The zero-order valence-corrected chi connectivity index (χ0v) is 30.7. The van der Waals surface area contributed by atoms with Gasteiger partial charge in [0.1, 0.15) is 0 Å². The van der Waals surface area contributed by atoms with Crippen LogP contribution < -0.4 is 0 Å². The van der Waals surface area contributed by atoms with E-state index in [9.17, 15) is 0 Å². The van der Waals surface area contributed by atoms with Crippen molar-refractivity contribution in [2.45, 2.75) is 25.7 Å². The minimum Gasteiger partial charge on any atom is -0.208 e. The van der Waals surface area contributed by atoms with Crippen molar-refractivity contribution < 1.29 is 0 Å². The van der Waals surface area contributed by atoms with Crippen molar-refractivity contribution in [1.82, 2.24) is 29.9 Å². The fourth-order valence-electron chi connectivity index (χ4n) is 6.86. The first kappa shape index (κ1) is 34.2. The minimum absolute atomic E-state index is 0.630. The molecule has 0 amide bonds. The third kappa shape index (κ3) is 7.45. The predicted octanol–water partition coefficient (Wildman–Crippen LogP) is 12.2. The predicted molar refractivity (Wildman–Crippen MR) is 224 cm³/mol. The molecule has 0 N–H and O–H groups in total. The van der Waals surface area contributed by atoms with Crippen LogP contribution in [0.25, 0.3) is 79.0 Å². The molecule has 9 rings (SSSR count). The highest BCUT2D eigenvalue weighted by Gasteiger charge is 2.17. The molecule has 0 spiro atoms. The van der Waals surface area contributed by atoms with E-state index in [-0.39, 0.29) is 0 Å². The van der Waals surface area contributed by atoms with Crippen LogP contribution in [0.2, 0.25) is 5.02 Å². The van der Waals surface area contributed by atoms with Gasteiger partial charge in [0, 0.05) is 38.4 Å². The summed E-state index contributed by atoms with van der Waals surface area (Å²) in [4.78, 5) is 29.5. The van der Waals surface area contributed by atoms with Gasteiger partial charge < -0.3 is 0 Å². The Hall–Kier alpha value is -6.63. The van der Waals surface area contributed by atoms with E-state index in [0.29, 0.717) is 40.0 Å². The molecule has 0 saturated carbocycles. The van der Waals surface area contributed by atoms with Crippen molar-refractivity contribution in [2.75, 3.05) is 0 Å². The van der Waals surface area contributed by atoms with Gasteiger partial charge in [-0.3, -0.25) is 0 Å². The Morgan fingerprint density at radius 1 is 0.345 bits per heavy atom. The molecule has 0 fully saturated rings. The molecule has 2 aromatic heterocycles. The molecule has 264 valence electrons. The van der Waals surface area contributed by atoms with Gasteiger partial charge >= 0.3 is 0 Å². The Bertz CT molecular complexity index is 2630. The van der Waals surface area contributed by atoms with E-state index in [4.69, 9.17) is 41.5 Å². The fraction of sp³-hybridized carbons (Fsp3) is 0.0833. The molecule has 7 heteroatoms. The molecule has 0 bridgehead atoms. The van der Waals surface area contributed by atoms with Crippen LogP contribution in [-0.2, 0) is 0 Å². The van der Waals surface area contributed by atoms with Gasteiger partial charge in [-0.1, -0.05) is 163 Å². The fourth-order valence-corrected chi connectivity index (χ4v) is 7.04. The number of benzene rings is 5. The van der Waals surface area contributed by atoms with E-state index in [0.717, 1.165) is 81.3 Å². The number of hydrogen-bond donors (Lipinski definition) is 0. The standard InChI is InChI=1S/C48H35ClN6/c49-40-29-30-41(32-21-25-38(26-22-32)47-52-43(34-13-5-1-6-14-34)50-44(53-47)35-15-7-2-8-16-35)42(31-40)33-23-27-39(28-24-33)48-54-45(36-17-9-3-10-18-36)51-46(55-48)37-19-11-4-12-20-37/h1,3,5-7,9-11,13-31H,2,4,8,12H2. The molecule has 6 nitrogen and oxygen atoms in total. The van der Waals surface area contributed by atoms with Crippen molar-refractivity contribution in [3.05, 3.63) is 181 Å². The molecule has 0 unspecified atom stereocenters. The van der Waals surface area contributed by atoms with Gasteiger partial charge in [0.2, 0.25) is 0 Å². The van der Waals surface area contributed by atoms with E-state index in [1.807, 2.05) is 72.8 Å². The smallest absolute Gasteiger partial charge is 0.164 e. The zero-order valence-electron chi connectivity index (χ0n) is 30.0. The van der Waals surface area contributed by atoms with Crippen LogP contribution in [0.5, 0.6) is 0 Å².